The number of hydrogen-bond acceptors (Lipinski definition) is 4. The molecule has 2 rings (SSSR count). The molecule has 2 aliphatic rings. The van der Waals surface area contributed by atoms with Crippen LogP contribution in [0.1, 0.15) is 12.8 Å². The summed E-state index contributed by atoms with van der Waals surface area (Å²) < 4.78 is 4.81. The van der Waals surface area contributed by atoms with Crippen LogP contribution in [0, 0.1) is 0 Å². The van der Waals surface area contributed by atoms with Crippen molar-refractivity contribution in [3.63, 3.8) is 0 Å². The van der Waals surface area contributed by atoms with E-state index in [4.69, 9.17) is 4.74 Å². The largest absolute Gasteiger partial charge is 0.448 e. The van der Waals surface area contributed by atoms with Gasteiger partial charge in [0.25, 0.3) is 0 Å². The van der Waals surface area contributed by atoms with Gasteiger partial charge in [-0.25, -0.2) is 4.79 Å². The predicted octanol–water partition coefficient (Wildman–Crippen LogP) is -0.447. The summed E-state index contributed by atoms with van der Waals surface area (Å²) in [4.78, 5) is 12.8. The lowest BCUT2D eigenvalue weighted by molar-refractivity contribution is -0.00999. The van der Waals surface area contributed by atoms with E-state index >= 15 is 0 Å². The highest BCUT2D eigenvalue weighted by molar-refractivity contribution is 5.69. The number of carbonyl (C=O) groups excluding carboxylic acids is 1. The highest BCUT2D eigenvalue weighted by Gasteiger charge is 2.35. The van der Waals surface area contributed by atoms with Crippen molar-refractivity contribution < 1.29 is 14.6 Å². The minimum atomic E-state index is -0.714. The van der Waals surface area contributed by atoms with Crippen LogP contribution in [0.2, 0.25) is 0 Å². The SMILES string of the molecule is O=C1OCCN1CC1(O)CCNCC1. The minimum Gasteiger partial charge on any atom is -0.448 e. The Kier molecular flexibility index (Phi) is 2.60. The Morgan fingerprint density at radius 2 is 2.21 bits per heavy atom. The van der Waals surface area contributed by atoms with Crippen LogP contribution < -0.4 is 5.32 Å². The summed E-state index contributed by atoms with van der Waals surface area (Å²) in [5.41, 5.74) is -0.714. The van der Waals surface area contributed by atoms with Crippen molar-refractivity contribution in [2.24, 2.45) is 0 Å². The van der Waals surface area contributed by atoms with Crippen LogP contribution in [0.3, 0.4) is 0 Å². The molecule has 0 saturated carbocycles. The first-order valence-electron chi connectivity index (χ1n) is 5.04. The quantitative estimate of drug-likeness (QED) is 0.634. The van der Waals surface area contributed by atoms with Gasteiger partial charge >= 0.3 is 6.09 Å². The number of amides is 1. The molecule has 0 radical (unpaired) electrons. The van der Waals surface area contributed by atoms with Gasteiger partial charge in [0.2, 0.25) is 0 Å². The lowest BCUT2D eigenvalue weighted by atomic mass is 9.92. The molecule has 0 unspecified atom stereocenters. The van der Waals surface area contributed by atoms with E-state index in [9.17, 15) is 9.90 Å². The molecule has 80 valence electrons. The van der Waals surface area contributed by atoms with Gasteiger partial charge in [-0.15, -0.1) is 0 Å². The Morgan fingerprint density at radius 3 is 2.79 bits per heavy atom. The molecule has 0 aliphatic carbocycles. The zero-order chi connectivity index (χ0) is 10.0. The third-order valence-electron chi connectivity index (χ3n) is 2.86. The molecule has 2 fully saturated rings. The van der Waals surface area contributed by atoms with Crippen LogP contribution in [0.25, 0.3) is 0 Å². The number of nitrogens with zero attached hydrogens (tertiary/aromatic N) is 1. The second-order valence-electron chi connectivity index (χ2n) is 4.01. The maximum atomic E-state index is 11.2. The van der Waals surface area contributed by atoms with Crippen LogP contribution in [0.15, 0.2) is 0 Å². The van der Waals surface area contributed by atoms with E-state index < -0.39 is 5.60 Å². The van der Waals surface area contributed by atoms with Gasteiger partial charge < -0.3 is 20.1 Å². The summed E-state index contributed by atoms with van der Waals surface area (Å²) in [6, 6.07) is 0. The second-order valence-corrected chi connectivity index (χ2v) is 4.01. The van der Waals surface area contributed by atoms with Crippen LogP contribution in [0.5, 0.6) is 0 Å². The van der Waals surface area contributed by atoms with Gasteiger partial charge in [0.15, 0.2) is 0 Å². The second kappa shape index (κ2) is 3.74. The number of rotatable bonds is 2. The molecule has 0 atom stereocenters. The van der Waals surface area contributed by atoms with Gasteiger partial charge in [0.05, 0.1) is 18.7 Å². The zero-order valence-electron chi connectivity index (χ0n) is 8.16. The molecule has 0 aromatic heterocycles. The number of ether oxygens (including phenoxy) is 1. The number of nitrogens with one attached hydrogen (secondary N) is 1. The lowest BCUT2D eigenvalue weighted by Crippen LogP contribution is -2.50. The van der Waals surface area contributed by atoms with Gasteiger partial charge in [-0.3, -0.25) is 0 Å². The van der Waals surface area contributed by atoms with Crippen LogP contribution in [-0.4, -0.2) is 54.5 Å². The summed E-state index contributed by atoms with van der Waals surface area (Å²) in [5, 5.41) is 13.3. The van der Waals surface area contributed by atoms with Gasteiger partial charge in [-0.1, -0.05) is 0 Å². The van der Waals surface area contributed by atoms with E-state index in [1.807, 2.05) is 0 Å². The maximum Gasteiger partial charge on any atom is 0.410 e. The van der Waals surface area contributed by atoms with Crippen LogP contribution >= 0.6 is 0 Å². The van der Waals surface area contributed by atoms with Crippen molar-refractivity contribution in [3.05, 3.63) is 0 Å². The molecular formula is C9H16N2O3. The molecule has 14 heavy (non-hydrogen) atoms. The van der Waals surface area contributed by atoms with E-state index in [2.05, 4.69) is 5.32 Å². The number of hydrogen-bond donors (Lipinski definition) is 2. The van der Waals surface area contributed by atoms with Crippen LogP contribution in [0.4, 0.5) is 4.79 Å². The Hall–Kier alpha value is -0.810. The molecule has 0 bridgehead atoms. The Bertz CT molecular complexity index is 226. The molecule has 0 spiro atoms. The number of cyclic esters (lactones) is 1. The Morgan fingerprint density at radius 1 is 1.50 bits per heavy atom. The summed E-state index contributed by atoms with van der Waals surface area (Å²) in [6.45, 7) is 3.11. The standard InChI is InChI=1S/C9H16N2O3/c12-8-11(5-6-14-8)7-9(13)1-3-10-4-2-9/h10,13H,1-7H2. The van der Waals surface area contributed by atoms with E-state index in [0.717, 1.165) is 13.1 Å². The number of carbonyl (C=O) groups is 1. The summed E-state index contributed by atoms with van der Waals surface area (Å²) >= 11 is 0. The molecule has 2 saturated heterocycles. The highest BCUT2D eigenvalue weighted by atomic mass is 16.6. The van der Waals surface area contributed by atoms with E-state index in [-0.39, 0.29) is 6.09 Å². The predicted molar refractivity (Wildman–Crippen MR) is 50.0 cm³/mol. The van der Waals surface area contributed by atoms with E-state index in [1.54, 1.807) is 4.90 Å². The smallest absolute Gasteiger partial charge is 0.410 e. The molecule has 5 heteroatoms. The molecule has 2 N–H and O–H groups in total. The van der Waals surface area contributed by atoms with E-state index in [0.29, 0.717) is 32.5 Å². The van der Waals surface area contributed by atoms with Crippen molar-refractivity contribution in [2.75, 3.05) is 32.8 Å². The van der Waals surface area contributed by atoms with Gasteiger partial charge in [0, 0.05) is 0 Å². The summed E-state index contributed by atoms with van der Waals surface area (Å²) in [6.07, 6.45) is 1.12. The van der Waals surface area contributed by atoms with Crippen molar-refractivity contribution in [3.8, 4) is 0 Å². The fraction of sp³-hybridized carbons (Fsp3) is 0.889. The molecule has 1 amide bonds. The van der Waals surface area contributed by atoms with Crippen molar-refractivity contribution >= 4 is 6.09 Å². The Balaban J connectivity index is 1.91. The van der Waals surface area contributed by atoms with Crippen molar-refractivity contribution in [2.45, 2.75) is 18.4 Å². The molecule has 5 nitrogen and oxygen atoms in total. The average Bonchev–Trinajstić information content (AvgIpc) is 2.52. The number of β-amino-alcohol motifs (C(OH)–C–C–N with tert-alkyl or cyclic N) is 1. The fourth-order valence-electron chi connectivity index (χ4n) is 1.97. The van der Waals surface area contributed by atoms with Crippen molar-refractivity contribution in [1.29, 1.82) is 0 Å². The topological polar surface area (TPSA) is 61.8 Å². The first-order valence-corrected chi connectivity index (χ1v) is 5.04. The third-order valence-corrected chi connectivity index (χ3v) is 2.86. The normalized spacial score (nSPS) is 26.4. The molecule has 2 heterocycles. The lowest BCUT2D eigenvalue weighted by Gasteiger charge is -2.34. The van der Waals surface area contributed by atoms with Gasteiger partial charge in [-0.05, 0) is 25.9 Å². The van der Waals surface area contributed by atoms with Crippen molar-refractivity contribution in [1.82, 2.24) is 10.2 Å². The molecule has 2 aliphatic heterocycles. The summed E-state index contributed by atoms with van der Waals surface area (Å²) in [5.74, 6) is 0. The average molecular weight is 200 g/mol. The minimum absolute atomic E-state index is 0.294. The van der Waals surface area contributed by atoms with E-state index in [1.165, 1.54) is 0 Å². The summed E-state index contributed by atoms with van der Waals surface area (Å²) in [7, 11) is 0. The molecular weight excluding hydrogens is 184 g/mol. The van der Waals surface area contributed by atoms with Crippen LogP contribution in [-0.2, 0) is 4.74 Å². The molecule has 0 aromatic rings. The zero-order valence-corrected chi connectivity index (χ0v) is 8.16. The monoisotopic (exact) mass is 200 g/mol. The van der Waals surface area contributed by atoms with Gasteiger partial charge in [0.1, 0.15) is 6.61 Å². The third kappa shape index (κ3) is 1.99. The van der Waals surface area contributed by atoms with Gasteiger partial charge in [-0.2, -0.15) is 0 Å². The maximum absolute atomic E-state index is 11.2. The fourth-order valence-corrected chi connectivity index (χ4v) is 1.97. The first kappa shape index (κ1) is 9.73. The number of aliphatic hydroxyl groups is 1. The molecule has 0 aromatic carbocycles. The number of piperidine rings is 1. The first-order chi connectivity index (χ1) is 6.70. The highest BCUT2D eigenvalue weighted by Crippen LogP contribution is 2.20. The Labute approximate surface area is 83.0 Å².